The number of alkyl carbamates (subject to hydrolysis) is 1. The molecular formula is C18H28N2O4. The molecule has 1 unspecified atom stereocenters. The van der Waals surface area contributed by atoms with Crippen molar-refractivity contribution in [1.29, 1.82) is 0 Å². The van der Waals surface area contributed by atoms with Crippen LogP contribution in [0.25, 0.3) is 0 Å². The maximum atomic E-state index is 12.2. The third-order valence-corrected chi connectivity index (χ3v) is 2.95. The smallest absolute Gasteiger partial charge is 0.408 e. The Hall–Kier alpha value is -2.08. The molecule has 0 fully saturated rings. The Balaban J connectivity index is 2.56. The molecule has 6 nitrogen and oxygen atoms in total. The first-order valence-electron chi connectivity index (χ1n) is 8.20. The van der Waals surface area contributed by atoms with Crippen LogP contribution in [0.1, 0.15) is 39.7 Å². The van der Waals surface area contributed by atoms with E-state index in [1.54, 1.807) is 20.8 Å². The fourth-order valence-corrected chi connectivity index (χ4v) is 1.87. The molecule has 2 N–H and O–H groups in total. The first kappa shape index (κ1) is 20.0. The maximum absolute atomic E-state index is 12.2. The Bertz CT molecular complexity index is 512. The number of amides is 2. The highest BCUT2D eigenvalue weighted by Crippen LogP contribution is 2.07. The second-order valence-corrected chi connectivity index (χ2v) is 6.49. The number of hydrogen-bond acceptors (Lipinski definition) is 4. The summed E-state index contributed by atoms with van der Waals surface area (Å²) in [6.07, 6.45) is 0.179. The topological polar surface area (TPSA) is 76.7 Å². The van der Waals surface area contributed by atoms with Crippen LogP contribution in [0.2, 0.25) is 0 Å². The highest BCUT2D eigenvalue weighted by Gasteiger charge is 2.24. The van der Waals surface area contributed by atoms with Gasteiger partial charge in [-0.1, -0.05) is 37.3 Å². The van der Waals surface area contributed by atoms with Crippen molar-refractivity contribution in [3.63, 3.8) is 0 Å². The Morgan fingerprint density at radius 3 is 2.42 bits per heavy atom. The van der Waals surface area contributed by atoms with Gasteiger partial charge >= 0.3 is 6.09 Å². The van der Waals surface area contributed by atoms with E-state index in [0.29, 0.717) is 13.2 Å². The summed E-state index contributed by atoms with van der Waals surface area (Å²) in [6.45, 7) is 8.25. The van der Waals surface area contributed by atoms with E-state index in [9.17, 15) is 9.59 Å². The molecule has 1 aromatic carbocycles. The van der Waals surface area contributed by atoms with Crippen LogP contribution in [0.3, 0.4) is 0 Å². The third kappa shape index (κ3) is 8.53. The van der Waals surface area contributed by atoms with E-state index in [4.69, 9.17) is 9.47 Å². The van der Waals surface area contributed by atoms with Crippen LogP contribution in [0, 0.1) is 0 Å². The minimum absolute atomic E-state index is 0.0731. The van der Waals surface area contributed by atoms with Crippen molar-refractivity contribution in [2.45, 2.75) is 52.4 Å². The highest BCUT2D eigenvalue weighted by atomic mass is 16.6. The van der Waals surface area contributed by atoms with Gasteiger partial charge in [-0.25, -0.2) is 4.79 Å². The van der Waals surface area contributed by atoms with Crippen molar-refractivity contribution in [2.24, 2.45) is 0 Å². The summed E-state index contributed by atoms with van der Waals surface area (Å²) in [4.78, 5) is 24.1. The van der Waals surface area contributed by atoms with E-state index in [2.05, 4.69) is 10.6 Å². The Kier molecular flexibility index (Phi) is 8.26. The minimum atomic E-state index is -0.796. The number of nitrogens with one attached hydrogen (secondary N) is 2. The summed E-state index contributed by atoms with van der Waals surface area (Å²) in [5.74, 6) is -0.282. The first-order chi connectivity index (χ1) is 11.3. The molecule has 0 aromatic heterocycles. The predicted octanol–water partition coefficient (Wildman–Crippen LogP) is 2.62. The fourth-order valence-electron chi connectivity index (χ4n) is 1.87. The molecule has 0 aliphatic carbocycles. The zero-order chi connectivity index (χ0) is 18.0. The van der Waals surface area contributed by atoms with Crippen LogP contribution in [0.5, 0.6) is 0 Å². The number of ether oxygens (including phenoxy) is 2. The third-order valence-electron chi connectivity index (χ3n) is 2.95. The van der Waals surface area contributed by atoms with E-state index in [0.717, 1.165) is 12.0 Å². The normalized spacial score (nSPS) is 12.3. The molecule has 1 aromatic rings. The van der Waals surface area contributed by atoms with Crippen LogP contribution in [-0.4, -0.2) is 36.8 Å². The molecular weight excluding hydrogens is 308 g/mol. The Labute approximate surface area is 143 Å². The van der Waals surface area contributed by atoms with E-state index in [1.807, 2.05) is 37.3 Å². The number of hydrogen-bond donors (Lipinski definition) is 2. The zero-order valence-electron chi connectivity index (χ0n) is 14.9. The number of carbonyl (C=O) groups excluding carboxylic acids is 2. The van der Waals surface area contributed by atoms with Crippen molar-refractivity contribution in [2.75, 3.05) is 13.2 Å². The molecule has 0 aliphatic rings. The van der Waals surface area contributed by atoms with Gasteiger partial charge in [0.05, 0.1) is 13.2 Å². The lowest BCUT2D eigenvalue weighted by molar-refractivity contribution is -0.124. The molecule has 0 spiro atoms. The average molecular weight is 336 g/mol. The molecule has 0 aliphatic heterocycles. The van der Waals surface area contributed by atoms with Crippen molar-refractivity contribution in [1.82, 2.24) is 10.6 Å². The standard InChI is InChI=1S/C18H28N2O4/c1-5-11-19-16(21)15(20-17(22)24-18(2,3)4)13-23-12-14-9-7-6-8-10-14/h6-10,15H,5,11-13H2,1-4H3,(H,19,21)(H,20,22). The van der Waals surface area contributed by atoms with Gasteiger partial charge in [-0.2, -0.15) is 0 Å². The molecule has 0 saturated heterocycles. The van der Waals surface area contributed by atoms with E-state index >= 15 is 0 Å². The molecule has 2 amide bonds. The van der Waals surface area contributed by atoms with Gasteiger partial charge in [0.25, 0.3) is 0 Å². The van der Waals surface area contributed by atoms with Gasteiger partial charge in [-0.15, -0.1) is 0 Å². The summed E-state index contributed by atoms with van der Waals surface area (Å²) in [6, 6.07) is 8.84. The van der Waals surface area contributed by atoms with Gasteiger partial charge in [-0.05, 0) is 32.8 Å². The molecule has 24 heavy (non-hydrogen) atoms. The van der Waals surface area contributed by atoms with Crippen LogP contribution < -0.4 is 10.6 Å². The molecule has 0 radical (unpaired) electrons. The largest absolute Gasteiger partial charge is 0.444 e. The van der Waals surface area contributed by atoms with Gasteiger partial charge in [0.1, 0.15) is 11.6 Å². The molecule has 6 heteroatoms. The number of benzene rings is 1. The van der Waals surface area contributed by atoms with Gasteiger partial charge in [-0.3, -0.25) is 4.79 Å². The van der Waals surface area contributed by atoms with Crippen molar-refractivity contribution >= 4 is 12.0 Å². The van der Waals surface area contributed by atoms with Gasteiger partial charge in [0, 0.05) is 6.54 Å². The maximum Gasteiger partial charge on any atom is 0.408 e. The summed E-state index contributed by atoms with van der Waals surface area (Å²) in [5, 5.41) is 5.33. The minimum Gasteiger partial charge on any atom is -0.444 e. The van der Waals surface area contributed by atoms with Crippen molar-refractivity contribution in [3.05, 3.63) is 35.9 Å². The summed E-state index contributed by atoms with van der Waals surface area (Å²) in [7, 11) is 0. The second kappa shape index (κ2) is 9.93. The molecule has 0 saturated carbocycles. The Morgan fingerprint density at radius 1 is 1.17 bits per heavy atom. The van der Waals surface area contributed by atoms with Gasteiger partial charge < -0.3 is 20.1 Å². The van der Waals surface area contributed by atoms with Crippen LogP contribution in [0.4, 0.5) is 4.79 Å². The second-order valence-electron chi connectivity index (χ2n) is 6.49. The van der Waals surface area contributed by atoms with E-state index in [1.165, 1.54) is 0 Å². The van der Waals surface area contributed by atoms with Crippen LogP contribution in [0.15, 0.2) is 30.3 Å². The van der Waals surface area contributed by atoms with Crippen LogP contribution in [-0.2, 0) is 20.9 Å². The SMILES string of the molecule is CCCNC(=O)C(COCc1ccccc1)NC(=O)OC(C)(C)C. The zero-order valence-corrected chi connectivity index (χ0v) is 14.9. The number of carbonyl (C=O) groups is 2. The molecule has 1 atom stereocenters. The van der Waals surface area contributed by atoms with E-state index < -0.39 is 17.7 Å². The summed E-state index contributed by atoms with van der Waals surface area (Å²) < 4.78 is 10.8. The van der Waals surface area contributed by atoms with Crippen molar-refractivity contribution in [3.8, 4) is 0 Å². The summed E-state index contributed by atoms with van der Waals surface area (Å²) >= 11 is 0. The quantitative estimate of drug-likeness (QED) is 0.765. The predicted molar refractivity (Wildman–Crippen MR) is 92.6 cm³/mol. The average Bonchev–Trinajstić information content (AvgIpc) is 2.51. The van der Waals surface area contributed by atoms with Gasteiger partial charge in [0.15, 0.2) is 0 Å². The van der Waals surface area contributed by atoms with E-state index in [-0.39, 0.29) is 12.5 Å². The monoisotopic (exact) mass is 336 g/mol. The fraction of sp³-hybridized carbons (Fsp3) is 0.556. The first-order valence-corrected chi connectivity index (χ1v) is 8.20. The summed E-state index contributed by atoms with van der Waals surface area (Å²) in [5.41, 5.74) is 0.377. The van der Waals surface area contributed by atoms with Gasteiger partial charge in [0.2, 0.25) is 5.91 Å². The highest BCUT2D eigenvalue weighted by molar-refractivity contribution is 5.85. The lowest BCUT2D eigenvalue weighted by Gasteiger charge is -2.23. The molecule has 0 heterocycles. The van der Waals surface area contributed by atoms with Crippen molar-refractivity contribution < 1.29 is 19.1 Å². The number of rotatable bonds is 8. The molecule has 134 valence electrons. The molecule has 1 rings (SSSR count). The van der Waals surface area contributed by atoms with Crippen LogP contribution >= 0.6 is 0 Å². The lowest BCUT2D eigenvalue weighted by Crippen LogP contribution is -2.50. The molecule has 0 bridgehead atoms. The lowest BCUT2D eigenvalue weighted by atomic mass is 10.2. The Morgan fingerprint density at radius 2 is 1.83 bits per heavy atom.